The van der Waals surface area contributed by atoms with Crippen molar-refractivity contribution in [1.29, 1.82) is 0 Å². The Morgan fingerprint density at radius 2 is 1.89 bits per heavy atom. The Morgan fingerprint density at radius 3 is 2.42 bits per heavy atom. The van der Waals surface area contributed by atoms with Gasteiger partial charge in [-0.1, -0.05) is 5.16 Å². The predicted molar refractivity (Wildman–Crippen MR) is 70.6 cm³/mol. The molecule has 100 valence electrons. The van der Waals surface area contributed by atoms with Gasteiger partial charge in [0.2, 0.25) is 11.7 Å². The maximum absolute atomic E-state index is 9.78. The first kappa shape index (κ1) is 12.2. The van der Waals surface area contributed by atoms with Crippen molar-refractivity contribution in [3.05, 3.63) is 29.2 Å². The van der Waals surface area contributed by atoms with Crippen molar-refractivity contribution in [2.75, 3.05) is 0 Å². The summed E-state index contributed by atoms with van der Waals surface area (Å²) in [5, 5.41) is 13.8. The summed E-state index contributed by atoms with van der Waals surface area (Å²) < 4.78 is 5.29. The number of hydrogen-bond donors (Lipinski definition) is 2. The zero-order chi connectivity index (χ0) is 13.6. The van der Waals surface area contributed by atoms with E-state index >= 15 is 0 Å². The Morgan fingerprint density at radius 1 is 1.26 bits per heavy atom. The lowest BCUT2D eigenvalue weighted by Crippen LogP contribution is -2.43. The van der Waals surface area contributed by atoms with E-state index in [1.807, 2.05) is 26.0 Å². The summed E-state index contributed by atoms with van der Waals surface area (Å²) in [5.74, 6) is 1.34. The molecule has 0 atom stereocenters. The highest BCUT2D eigenvalue weighted by atomic mass is 16.5. The van der Waals surface area contributed by atoms with Crippen molar-refractivity contribution in [2.24, 2.45) is 5.73 Å². The first-order valence-corrected chi connectivity index (χ1v) is 6.43. The lowest BCUT2D eigenvalue weighted by atomic mass is 9.78. The van der Waals surface area contributed by atoms with Gasteiger partial charge in [0.1, 0.15) is 5.75 Å². The number of aromatic hydroxyl groups is 1. The number of aryl methyl sites for hydroxylation is 2. The Bertz CT molecular complexity index is 606. The van der Waals surface area contributed by atoms with Gasteiger partial charge in [-0.3, -0.25) is 0 Å². The normalized spacial score (nSPS) is 17.2. The molecule has 0 unspecified atom stereocenters. The van der Waals surface area contributed by atoms with Crippen LogP contribution in [0.5, 0.6) is 5.75 Å². The van der Waals surface area contributed by atoms with Crippen LogP contribution in [0.2, 0.25) is 0 Å². The van der Waals surface area contributed by atoms with Crippen molar-refractivity contribution in [2.45, 2.75) is 38.6 Å². The second-order valence-electron chi connectivity index (χ2n) is 5.39. The highest BCUT2D eigenvalue weighted by Crippen LogP contribution is 2.38. The van der Waals surface area contributed by atoms with Crippen LogP contribution in [-0.4, -0.2) is 15.2 Å². The largest absolute Gasteiger partial charge is 0.507 e. The van der Waals surface area contributed by atoms with Crippen LogP contribution in [0.25, 0.3) is 11.4 Å². The molecule has 19 heavy (non-hydrogen) atoms. The van der Waals surface area contributed by atoms with Gasteiger partial charge in [0.15, 0.2) is 0 Å². The number of nitrogens with two attached hydrogens (primary N) is 1. The number of nitrogens with zero attached hydrogens (tertiary/aromatic N) is 2. The molecule has 3 N–H and O–H groups in total. The summed E-state index contributed by atoms with van der Waals surface area (Å²) >= 11 is 0. The highest BCUT2D eigenvalue weighted by Gasteiger charge is 2.40. The van der Waals surface area contributed by atoms with Crippen LogP contribution in [0.1, 0.15) is 36.3 Å². The maximum atomic E-state index is 9.78. The summed E-state index contributed by atoms with van der Waals surface area (Å²) in [6.07, 6.45) is 2.89. The third-order valence-electron chi connectivity index (χ3n) is 3.85. The zero-order valence-corrected chi connectivity index (χ0v) is 11.1. The van der Waals surface area contributed by atoms with Crippen LogP contribution in [-0.2, 0) is 5.54 Å². The molecule has 0 bridgehead atoms. The molecule has 0 saturated heterocycles. The van der Waals surface area contributed by atoms with Crippen LogP contribution in [0.4, 0.5) is 0 Å². The molecular formula is C14H17N3O2. The fourth-order valence-corrected chi connectivity index (χ4v) is 2.40. The van der Waals surface area contributed by atoms with Gasteiger partial charge in [0, 0.05) is 5.56 Å². The second-order valence-corrected chi connectivity index (χ2v) is 5.39. The van der Waals surface area contributed by atoms with E-state index in [-0.39, 0.29) is 0 Å². The summed E-state index contributed by atoms with van der Waals surface area (Å²) in [6.45, 7) is 3.70. The molecule has 5 heteroatoms. The Labute approximate surface area is 111 Å². The number of phenolic OH excluding ortho intramolecular Hbond substituents is 1. The van der Waals surface area contributed by atoms with Crippen molar-refractivity contribution in [1.82, 2.24) is 10.1 Å². The summed E-state index contributed by atoms with van der Waals surface area (Å²) in [6, 6.07) is 3.70. The van der Waals surface area contributed by atoms with E-state index in [0.717, 1.165) is 36.0 Å². The molecule has 5 nitrogen and oxygen atoms in total. The molecule has 1 saturated carbocycles. The van der Waals surface area contributed by atoms with E-state index in [1.54, 1.807) is 0 Å². The van der Waals surface area contributed by atoms with Gasteiger partial charge < -0.3 is 15.4 Å². The average Bonchev–Trinajstić information content (AvgIpc) is 2.82. The average molecular weight is 259 g/mol. The lowest BCUT2D eigenvalue weighted by Gasteiger charge is -2.33. The van der Waals surface area contributed by atoms with Gasteiger partial charge in [0.05, 0.1) is 5.54 Å². The molecule has 0 radical (unpaired) electrons. The van der Waals surface area contributed by atoms with E-state index in [2.05, 4.69) is 10.1 Å². The summed E-state index contributed by atoms with van der Waals surface area (Å²) in [5.41, 5.74) is 8.16. The zero-order valence-electron chi connectivity index (χ0n) is 11.1. The third-order valence-corrected chi connectivity index (χ3v) is 3.85. The fourth-order valence-electron chi connectivity index (χ4n) is 2.40. The Hall–Kier alpha value is -1.88. The molecule has 1 heterocycles. The molecule has 0 spiro atoms. The Balaban J connectivity index is 1.99. The van der Waals surface area contributed by atoms with Gasteiger partial charge in [-0.15, -0.1) is 0 Å². The van der Waals surface area contributed by atoms with E-state index in [0.29, 0.717) is 17.5 Å². The predicted octanol–water partition coefficient (Wildman–Crippen LogP) is 2.40. The van der Waals surface area contributed by atoms with E-state index < -0.39 is 5.54 Å². The minimum Gasteiger partial charge on any atom is -0.507 e. The summed E-state index contributed by atoms with van der Waals surface area (Å²) in [4.78, 5) is 4.40. The smallest absolute Gasteiger partial charge is 0.247 e. The van der Waals surface area contributed by atoms with Gasteiger partial charge in [-0.05, 0) is 56.4 Å². The van der Waals surface area contributed by atoms with Crippen LogP contribution in [0, 0.1) is 13.8 Å². The van der Waals surface area contributed by atoms with E-state index in [9.17, 15) is 5.11 Å². The monoisotopic (exact) mass is 259 g/mol. The number of aromatic nitrogens is 2. The van der Waals surface area contributed by atoms with Crippen molar-refractivity contribution >= 4 is 0 Å². The Kier molecular flexibility index (Phi) is 2.60. The molecule has 1 aromatic heterocycles. The SMILES string of the molecule is Cc1cc(-c2noc(C3(N)CCC3)n2)cc(C)c1O. The summed E-state index contributed by atoms with van der Waals surface area (Å²) in [7, 11) is 0. The maximum Gasteiger partial charge on any atom is 0.247 e. The van der Waals surface area contributed by atoms with Crippen molar-refractivity contribution < 1.29 is 9.63 Å². The highest BCUT2D eigenvalue weighted by molar-refractivity contribution is 5.60. The van der Waals surface area contributed by atoms with Crippen LogP contribution in [0.15, 0.2) is 16.7 Å². The molecule has 1 aromatic carbocycles. The van der Waals surface area contributed by atoms with Crippen molar-refractivity contribution in [3.8, 4) is 17.1 Å². The second kappa shape index (κ2) is 4.06. The topological polar surface area (TPSA) is 85.2 Å². The molecule has 2 aromatic rings. The molecule has 3 rings (SSSR count). The molecule has 0 amide bonds. The number of benzene rings is 1. The van der Waals surface area contributed by atoms with Crippen LogP contribution in [0.3, 0.4) is 0 Å². The number of hydrogen-bond acceptors (Lipinski definition) is 5. The van der Waals surface area contributed by atoms with Gasteiger partial charge in [0.25, 0.3) is 0 Å². The molecular weight excluding hydrogens is 242 g/mol. The standard InChI is InChI=1S/C14H17N3O2/c1-8-6-10(7-9(2)11(8)18)12-16-13(19-17-12)14(15)4-3-5-14/h6-7,18H,3-5,15H2,1-2H3. The quantitative estimate of drug-likeness (QED) is 0.865. The van der Waals surface area contributed by atoms with Gasteiger partial charge in [-0.25, -0.2) is 0 Å². The molecule has 1 aliphatic carbocycles. The molecule has 1 fully saturated rings. The van der Waals surface area contributed by atoms with Crippen LogP contribution < -0.4 is 5.73 Å². The lowest BCUT2D eigenvalue weighted by molar-refractivity contribution is 0.181. The first-order valence-electron chi connectivity index (χ1n) is 6.43. The third kappa shape index (κ3) is 1.90. The van der Waals surface area contributed by atoms with Gasteiger partial charge in [-0.2, -0.15) is 4.98 Å². The van der Waals surface area contributed by atoms with Crippen molar-refractivity contribution in [3.63, 3.8) is 0 Å². The van der Waals surface area contributed by atoms with Gasteiger partial charge >= 0.3 is 0 Å². The molecule has 1 aliphatic rings. The van der Waals surface area contributed by atoms with Crippen LogP contribution >= 0.6 is 0 Å². The molecule has 0 aliphatic heterocycles. The van der Waals surface area contributed by atoms with E-state index in [4.69, 9.17) is 10.3 Å². The minimum atomic E-state index is -0.438. The minimum absolute atomic E-state index is 0.307. The van der Waals surface area contributed by atoms with E-state index in [1.165, 1.54) is 0 Å². The fraction of sp³-hybridized carbons (Fsp3) is 0.429. The first-order chi connectivity index (χ1) is 8.99. The number of phenols is 1. The number of rotatable bonds is 2.